The summed E-state index contributed by atoms with van der Waals surface area (Å²) in [6, 6.07) is 6.99. The van der Waals surface area contributed by atoms with Gasteiger partial charge < -0.3 is 0 Å². The van der Waals surface area contributed by atoms with E-state index in [1.807, 2.05) is 19.1 Å². The van der Waals surface area contributed by atoms with Crippen LogP contribution in [-0.4, -0.2) is 15.0 Å². The minimum atomic E-state index is -3.33. The van der Waals surface area contributed by atoms with Crippen LogP contribution in [0, 0.1) is 12.8 Å². The van der Waals surface area contributed by atoms with Crippen LogP contribution in [0.1, 0.15) is 37.7 Å². The Morgan fingerprint density at radius 2 is 1.72 bits per heavy atom. The van der Waals surface area contributed by atoms with Gasteiger partial charge in [0.2, 0.25) is 10.0 Å². The van der Waals surface area contributed by atoms with Crippen molar-refractivity contribution in [2.24, 2.45) is 5.92 Å². The molecular weight excluding hydrogens is 246 g/mol. The summed E-state index contributed by atoms with van der Waals surface area (Å²) in [5.74, 6) is 0.513. The highest BCUT2D eigenvalue weighted by molar-refractivity contribution is 7.89. The Bertz CT molecular complexity index is 473. The van der Waals surface area contributed by atoms with E-state index in [4.69, 9.17) is 0 Å². The quantitative estimate of drug-likeness (QED) is 0.911. The molecule has 4 heteroatoms. The topological polar surface area (TPSA) is 46.2 Å². The summed E-state index contributed by atoms with van der Waals surface area (Å²) in [5, 5.41) is 0. The lowest BCUT2D eigenvalue weighted by Crippen LogP contribution is -2.30. The second kappa shape index (κ2) is 5.85. The van der Waals surface area contributed by atoms with E-state index in [1.165, 1.54) is 19.3 Å². The van der Waals surface area contributed by atoms with Crippen molar-refractivity contribution in [1.29, 1.82) is 0 Å². The fourth-order valence-corrected chi connectivity index (χ4v) is 3.54. The molecule has 1 aromatic carbocycles. The second-order valence-electron chi connectivity index (χ2n) is 5.17. The van der Waals surface area contributed by atoms with Crippen molar-refractivity contribution >= 4 is 10.0 Å². The first-order valence-electron chi connectivity index (χ1n) is 6.64. The van der Waals surface area contributed by atoms with Gasteiger partial charge in [-0.15, -0.1) is 0 Å². The highest BCUT2D eigenvalue weighted by Gasteiger charge is 2.18. The van der Waals surface area contributed by atoms with Crippen LogP contribution in [-0.2, 0) is 10.0 Å². The molecule has 0 saturated heterocycles. The van der Waals surface area contributed by atoms with Gasteiger partial charge in [-0.2, -0.15) is 0 Å². The molecule has 18 heavy (non-hydrogen) atoms. The summed E-state index contributed by atoms with van der Waals surface area (Å²) in [4.78, 5) is 0.365. The molecule has 0 unspecified atom stereocenters. The maximum atomic E-state index is 12.1. The van der Waals surface area contributed by atoms with Crippen LogP contribution in [0.15, 0.2) is 29.2 Å². The average molecular weight is 267 g/mol. The Labute approximate surface area is 110 Å². The van der Waals surface area contributed by atoms with E-state index < -0.39 is 10.0 Å². The largest absolute Gasteiger partial charge is 0.240 e. The third-order valence-corrected chi connectivity index (χ3v) is 5.06. The first-order valence-corrected chi connectivity index (χ1v) is 8.12. The molecule has 1 saturated carbocycles. The summed E-state index contributed by atoms with van der Waals surface area (Å²) < 4.78 is 26.9. The minimum Gasteiger partial charge on any atom is -0.211 e. The molecule has 1 aliphatic carbocycles. The smallest absolute Gasteiger partial charge is 0.211 e. The maximum absolute atomic E-state index is 12.1. The van der Waals surface area contributed by atoms with Crippen molar-refractivity contribution in [3.8, 4) is 0 Å². The predicted molar refractivity (Wildman–Crippen MR) is 72.9 cm³/mol. The van der Waals surface area contributed by atoms with E-state index in [9.17, 15) is 8.42 Å². The molecule has 0 radical (unpaired) electrons. The summed E-state index contributed by atoms with van der Waals surface area (Å²) in [5.41, 5.74) is 1.07. The van der Waals surface area contributed by atoms with E-state index in [0.717, 1.165) is 18.4 Å². The second-order valence-corrected chi connectivity index (χ2v) is 6.94. The first-order chi connectivity index (χ1) is 8.58. The molecule has 1 aromatic rings. The maximum Gasteiger partial charge on any atom is 0.240 e. The standard InChI is InChI=1S/C14H21NO2S/c1-12-7-9-14(10-8-12)18(16,17)15-11-13-5-3-2-4-6-13/h7-10,13,15H,2-6,11H2,1H3. The molecule has 0 bridgehead atoms. The molecule has 1 N–H and O–H groups in total. The summed E-state index contributed by atoms with van der Waals surface area (Å²) in [7, 11) is -3.33. The van der Waals surface area contributed by atoms with Crippen LogP contribution < -0.4 is 4.72 Å². The molecular formula is C14H21NO2S. The molecule has 3 nitrogen and oxygen atoms in total. The molecule has 0 spiro atoms. The molecule has 0 atom stereocenters. The van der Waals surface area contributed by atoms with Gasteiger partial charge in [0.05, 0.1) is 4.90 Å². The number of rotatable bonds is 4. The van der Waals surface area contributed by atoms with Crippen molar-refractivity contribution < 1.29 is 8.42 Å². The number of aryl methyl sites for hydroxylation is 1. The Hall–Kier alpha value is -0.870. The molecule has 1 fully saturated rings. The van der Waals surface area contributed by atoms with Gasteiger partial charge in [-0.1, -0.05) is 37.0 Å². The van der Waals surface area contributed by atoms with Crippen LogP contribution in [0.5, 0.6) is 0 Å². The van der Waals surface area contributed by atoms with E-state index in [0.29, 0.717) is 17.4 Å². The van der Waals surface area contributed by atoms with Gasteiger partial charge in [-0.3, -0.25) is 0 Å². The molecule has 100 valence electrons. The van der Waals surface area contributed by atoms with E-state index >= 15 is 0 Å². The van der Waals surface area contributed by atoms with E-state index in [2.05, 4.69) is 4.72 Å². The number of hydrogen-bond acceptors (Lipinski definition) is 2. The lowest BCUT2D eigenvalue weighted by atomic mass is 9.90. The van der Waals surface area contributed by atoms with Crippen molar-refractivity contribution in [2.75, 3.05) is 6.54 Å². The lowest BCUT2D eigenvalue weighted by Gasteiger charge is -2.21. The van der Waals surface area contributed by atoms with Crippen LogP contribution in [0.3, 0.4) is 0 Å². The van der Waals surface area contributed by atoms with Gasteiger partial charge in [0.1, 0.15) is 0 Å². The number of nitrogens with one attached hydrogen (secondary N) is 1. The Morgan fingerprint density at radius 3 is 2.33 bits per heavy atom. The van der Waals surface area contributed by atoms with Crippen LogP contribution in [0.2, 0.25) is 0 Å². The monoisotopic (exact) mass is 267 g/mol. The number of benzene rings is 1. The molecule has 0 heterocycles. The van der Waals surface area contributed by atoms with E-state index in [-0.39, 0.29) is 0 Å². The van der Waals surface area contributed by atoms with Gasteiger partial charge in [0.25, 0.3) is 0 Å². The molecule has 1 aliphatic rings. The Kier molecular flexibility index (Phi) is 4.40. The van der Waals surface area contributed by atoms with Crippen LogP contribution in [0.4, 0.5) is 0 Å². The Morgan fingerprint density at radius 1 is 1.11 bits per heavy atom. The zero-order valence-corrected chi connectivity index (χ0v) is 11.7. The summed E-state index contributed by atoms with van der Waals surface area (Å²) in [6.07, 6.45) is 6.06. The van der Waals surface area contributed by atoms with Gasteiger partial charge in [-0.05, 0) is 37.8 Å². The average Bonchev–Trinajstić information content (AvgIpc) is 2.38. The zero-order chi connectivity index (χ0) is 13.0. The highest BCUT2D eigenvalue weighted by atomic mass is 32.2. The molecule has 0 amide bonds. The zero-order valence-electron chi connectivity index (χ0n) is 10.9. The molecule has 0 aromatic heterocycles. The third kappa shape index (κ3) is 3.56. The van der Waals surface area contributed by atoms with Gasteiger partial charge in [0, 0.05) is 6.54 Å². The number of sulfonamides is 1. The van der Waals surface area contributed by atoms with Crippen molar-refractivity contribution in [2.45, 2.75) is 43.9 Å². The summed E-state index contributed by atoms with van der Waals surface area (Å²) >= 11 is 0. The highest BCUT2D eigenvalue weighted by Crippen LogP contribution is 2.23. The number of hydrogen-bond donors (Lipinski definition) is 1. The van der Waals surface area contributed by atoms with Crippen LogP contribution in [0.25, 0.3) is 0 Å². The fraction of sp³-hybridized carbons (Fsp3) is 0.571. The van der Waals surface area contributed by atoms with E-state index in [1.54, 1.807) is 12.1 Å². The van der Waals surface area contributed by atoms with Crippen molar-refractivity contribution in [1.82, 2.24) is 4.72 Å². The Balaban J connectivity index is 1.96. The summed E-state index contributed by atoms with van der Waals surface area (Å²) in [6.45, 7) is 2.53. The minimum absolute atomic E-state index is 0.365. The van der Waals surface area contributed by atoms with Crippen LogP contribution >= 0.6 is 0 Å². The van der Waals surface area contributed by atoms with Gasteiger partial charge in [-0.25, -0.2) is 13.1 Å². The molecule has 2 rings (SSSR count). The third-order valence-electron chi connectivity index (χ3n) is 3.62. The first kappa shape index (κ1) is 13.6. The SMILES string of the molecule is Cc1ccc(S(=O)(=O)NCC2CCCCC2)cc1. The molecule has 0 aliphatic heterocycles. The lowest BCUT2D eigenvalue weighted by molar-refractivity contribution is 0.357. The van der Waals surface area contributed by atoms with Crippen molar-refractivity contribution in [3.63, 3.8) is 0 Å². The normalized spacial score (nSPS) is 17.8. The van der Waals surface area contributed by atoms with Gasteiger partial charge in [0.15, 0.2) is 0 Å². The van der Waals surface area contributed by atoms with Gasteiger partial charge >= 0.3 is 0 Å². The fourth-order valence-electron chi connectivity index (χ4n) is 2.42. The predicted octanol–water partition coefficient (Wildman–Crippen LogP) is 2.85. The van der Waals surface area contributed by atoms with Crippen molar-refractivity contribution in [3.05, 3.63) is 29.8 Å².